The van der Waals surface area contributed by atoms with Crippen molar-refractivity contribution >= 4 is 11.7 Å². The molecular weight excluding hydrogens is 218 g/mol. The molecule has 0 aliphatic carbocycles. The minimum Gasteiger partial charge on any atom is -0.395 e. The van der Waals surface area contributed by atoms with Gasteiger partial charge in [-0.1, -0.05) is 6.08 Å². The van der Waals surface area contributed by atoms with E-state index in [4.69, 9.17) is 5.11 Å². The molecule has 92 valence electrons. The van der Waals surface area contributed by atoms with Crippen LogP contribution in [0.5, 0.6) is 0 Å². The number of nitrogens with one attached hydrogen (secondary N) is 1. The Bertz CT molecular complexity index is 393. The van der Waals surface area contributed by atoms with Crippen LogP contribution < -0.4 is 5.32 Å². The summed E-state index contributed by atoms with van der Waals surface area (Å²) in [6, 6.07) is 3.24. The van der Waals surface area contributed by atoms with Gasteiger partial charge in [0, 0.05) is 30.7 Å². The predicted octanol–water partition coefficient (Wildman–Crippen LogP) is 1.40. The van der Waals surface area contributed by atoms with Crippen molar-refractivity contribution < 1.29 is 9.90 Å². The molecule has 1 aromatic heterocycles. The molecule has 0 saturated heterocycles. The Hall–Kier alpha value is -1.88. The number of rotatable bonds is 5. The lowest BCUT2D eigenvalue weighted by atomic mass is 10.3. The van der Waals surface area contributed by atoms with Crippen LogP contribution in [-0.2, 0) is 0 Å². The molecule has 0 aliphatic rings. The number of hydrogen-bond donors (Lipinski definition) is 2. The Kier molecular flexibility index (Phi) is 5.16. The number of aromatic nitrogens is 1. The van der Waals surface area contributed by atoms with Crippen molar-refractivity contribution in [2.75, 3.05) is 25.0 Å². The number of urea groups is 1. The standard InChI is InChI=1S/C12H17N3O2/c1-3-6-15(7-8-16)12(17)14-11-4-5-13-10(2)9-11/h3-5,9,16H,1,6-8H2,2H3,(H,13,14,17). The lowest BCUT2D eigenvalue weighted by Crippen LogP contribution is -2.37. The summed E-state index contributed by atoms with van der Waals surface area (Å²) in [4.78, 5) is 17.4. The number of anilines is 1. The fourth-order valence-corrected chi connectivity index (χ4v) is 1.38. The van der Waals surface area contributed by atoms with Gasteiger partial charge in [-0.05, 0) is 19.1 Å². The van der Waals surface area contributed by atoms with Crippen molar-refractivity contribution in [3.63, 3.8) is 0 Å². The average molecular weight is 235 g/mol. The second-order valence-corrected chi connectivity index (χ2v) is 3.57. The zero-order valence-corrected chi connectivity index (χ0v) is 9.89. The Morgan fingerprint density at radius 3 is 3.06 bits per heavy atom. The fourth-order valence-electron chi connectivity index (χ4n) is 1.38. The van der Waals surface area contributed by atoms with Crippen LogP contribution in [-0.4, -0.2) is 40.7 Å². The molecule has 0 fully saturated rings. The van der Waals surface area contributed by atoms with E-state index >= 15 is 0 Å². The van der Waals surface area contributed by atoms with Gasteiger partial charge in [0.15, 0.2) is 0 Å². The van der Waals surface area contributed by atoms with Crippen LogP contribution >= 0.6 is 0 Å². The van der Waals surface area contributed by atoms with Crippen molar-refractivity contribution in [2.45, 2.75) is 6.92 Å². The molecule has 17 heavy (non-hydrogen) atoms. The maximum atomic E-state index is 11.8. The summed E-state index contributed by atoms with van der Waals surface area (Å²) in [5.74, 6) is 0. The molecular formula is C12H17N3O2. The third-order valence-electron chi connectivity index (χ3n) is 2.15. The summed E-state index contributed by atoms with van der Waals surface area (Å²) in [6.07, 6.45) is 3.25. The number of pyridine rings is 1. The van der Waals surface area contributed by atoms with E-state index in [-0.39, 0.29) is 19.2 Å². The number of amides is 2. The number of carbonyl (C=O) groups is 1. The minimum absolute atomic E-state index is 0.0728. The van der Waals surface area contributed by atoms with Gasteiger partial charge in [-0.25, -0.2) is 4.79 Å². The van der Waals surface area contributed by atoms with E-state index < -0.39 is 0 Å². The molecule has 2 amide bonds. The van der Waals surface area contributed by atoms with Crippen LogP contribution in [0.2, 0.25) is 0 Å². The maximum absolute atomic E-state index is 11.8. The van der Waals surface area contributed by atoms with E-state index in [0.717, 1.165) is 5.69 Å². The molecule has 0 bridgehead atoms. The minimum atomic E-state index is -0.260. The van der Waals surface area contributed by atoms with Crippen LogP contribution in [0, 0.1) is 6.92 Å². The third-order valence-corrected chi connectivity index (χ3v) is 2.15. The Labute approximate surface area is 101 Å². The van der Waals surface area contributed by atoms with E-state index in [2.05, 4.69) is 16.9 Å². The highest BCUT2D eigenvalue weighted by Gasteiger charge is 2.11. The van der Waals surface area contributed by atoms with E-state index in [1.165, 1.54) is 4.90 Å². The first-order chi connectivity index (χ1) is 8.17. The zero-order valence-electron chi connectivity index (χ0n) is 9.89. The predicted molar refractivity (Wildman–Crippen MR) is 66.8 cm³/mol. The van der Waals surface area contributed by atoms with E-state index in [1.54, 1.807) is 24.4 Å². The van der Waals surface area contributed by atoms with Gasteiger partial charge >= 0.3 is 6.03 Å². The molecule has 0 unspecified atom stereocenters. The number of aliphatic hydroxyl groups excluding tert-OH is 1. The molecule has 0 aliphatic heterocycles. The monoisotopic (exact) mass is 235 g/mol. The SMILES string of the molecule is C=CCN(CCO)C(=O)Nc1ccnc(C)c1. The molecule has 5 heteroatoms. The molecule has 2 N–H and O–H groups in total. The van der Waals surface area contributed by atoms with Crippen molar-refractivity contribution in [3.05, 3.63) is 36.7 Å². The number of aliphatic hydroxyl groups is 1. The van der Waals surface area contributed by atoms with Gasteiger partial charge in [-0.2, -0.15) is 0 Å². The van der Waals surface area contributed by atoms with E-state index in [1.807, 2.05) is 6.92 Å². The molecule has 0 saturated carbocycles. The molecule has 1 rings (SSSR count). The Morgan fingerprint density at radius 1 is 1.71 bits per heavy atom. The smallest absolute Gasteiger partial charge is 0.322 e. The highest BCUT2D eigenvalue weighted by atomic mass is 16.3. The van der Waals surface area contributed by atoms with Crippen LogP contribution in [0.4, 0.5) is 10.5 Å². The number of carbonyl (C=O) groups excluding carboxylic acids is 1. The van der Waals surface area contributed by atoms with Gasteiger partial charge in [0.1, 0.15) is 0 Å². The van der Waals surface area contributed by atoms with Gasteiger partial charge in [0.25, 0.3) is 0 Å². The van der Waals surface area contributed by atoms with Gasteiger partial charge in [0.2, 0.25) is 0 Å². The normalized spacial score (nSPS) is 9.76. The summed E-state index contributed by atoms with van der Waals surface area (Å²) in [5.41, 5.74) is 1.52. The number of nitrogens with zero attached hydrogens (tertiary/aromatic N) is 2. The first-order valence-electron chi connectivity index (χ1n) is 5.37. The van der Waals surface area contributed by atoms with E-state index in [9.17, 15) is 4.79 Å². The molecule has 1 aromatic rings. The summed E-state index contributed by atoms with van der Waals surface area (Å²) >= 11 is 0. The highest BCUT2D eigenvalue weighted by Crippen LogP contribution is 2.08. The van der Waals surface area contributed by atoms with Gasteiger partial charge < -0.3 is 15.3 Å². The molecule has 0 spiro atoms. The van der Waals surface area contributed by atoms with Crippen molar-refractivity contribution in [1.29, 1.82) is 0 Å². The molecule has 0 atom stereocenters. The molecule has 0 radical (unpaired) electrons. The van der Waals surface area contributed by atoms with Crippen LogP contribution in [0.1, 0.15) is 5.69 Å². The van der Waals surface area contributed by atoms with Crippen LogP contribution in [0.15, 0.2) is 31.0 Å². The number of hydrogen-bond acceptors (Lipinski definition) is 3. The van der Waals surface area contributed by atoms with Gasteiger partial charge in [-0.15, -0.1) is 6.58 Å². The van der Waals surface area contributed by atoms with Crippen molar-refractivity contribution in [2.24, 2.45) is 0 Å². The maximum Gasteiger partial charge on any atom is 0.322 e. The summed E-state index contributed by atoms with van der Waals surface area (Å²) in [6.45, 7) is 6.03. The topological polar surface area (TPSA) is 65.5 Å². The summed E-state index contributed by atoms with van der Waals surface area (Å²) in [7, 11) is 0. The lowest BCUT2D eigenvalue weighted by Gasteiger charge is -2.20. The molecule has 5 nitrogen and oxygen atoms in total. The largest absolute Gasteiger partial charge is 0.395 e. The fraction of sp³-hybridized carbons (Fsp3) is 0.333. The second-order valence-electron chi connectivity index (χ2n) is 3.57. The van der Waals surface area contributed by atoms with Crippen molar-refractivity contribution in [1.82, 2.24) is 9.88 Å². The van der Waals surface area contributed by atoms with E-state index in [0.29, 0.717) is 12.2 Å². The molecule has 1 heterocycles. The highest BCUT2D eigenvalue weighted by molar-refractivity contribution is 5.89. The summed E-state index contributed by atoms with van der Waals surface area (Å²) < 4.78 is 0. The van der Waals surface area contributed by atoms with Crippen LogP contribution in [0.25, 0.3) is 0 Å². The third kappa shape index (κ3) is 4.24. The summed E-state index contributed by atoms with van der Waals surface area (Å²) in [5, 5.41) is 11.6. The zero-order chi connectivity index (χ0) is 12.7. The molecule has 0 aromatic carbocycles. The first kappa shape index (κ1) is 13.2. The average Bonchev–Trinajstić information content (AvgIpc) is 2.28. The Balaban J connectivity index is 2.65. The van der Waals surface area contributed by atoms with Crippen molar-refractivity contribution in [3.8, 4) is 0 Å². The lowest BCUT2D eigenvalue weighted by molar-refractivity contribution is 0.195. The number of aryl methyl sites for hydroxylation is 1. The quantitative estimate of drug-likeness (QED) is 0.758. The van der Waals surface area contributed by atoms with Crippen LogP contribution in [0.3, 0.4) is 0 Å². The first-order valence-corrected chi connectivity index (χ1v) is 5.37. The second kappa shape index (κ2) is 6.65. The van der Waals surface area contributed by atoms with Gasteiger partial charge in [-0.3, -0.25) is 4.98 Å². The van der Waals surface area contributed by atoms with Gasteiger partial charge in [0.05, 0.1) is 6.61 Å². The Morgan fingerprint density at radius 2 is 2.47 bits per heavy atom.